The molecular formula is C23H28N2O2S. The van der Waals surface area contributed by atoms with Gasteiger partial charge < -0.3 is 14.0 Å². The Morgan fingerprint density at radius 1 is 1.07 bits per heavy atom. The maximum Gasteiger partial charge on any atom is 0.190 e. The van der Waals surface area contributed by atoms with Crippen molar-refractivity contribution in [1.82, 2.24) is 4.57 Å². The van der Waals surface area contributed by atoms with Crippen LogP contribution in [0.1, 0.15) is 37.4 Å². The molecule has 3 rings (SSSR count). The van der Waals surface area contributed by atoms with Crippen LogP contribution in [0.4, 0.5) is 5.69 Å². The smallest absolute Gasteiger partial charge is 0.190 e. The van der Waals surface area contributed by atoms with E-state index in [1.54, 1.807) is 25.6 Å². The van der Waals surface area contributed by atoms with Crippen molar-refractivity contribution in [3.8, 4) is 22.8 Å². The summed E-state index contributed by atoms with van der Waals surface area (Å²) in [5.74, 6) is 1.58. The van der Waals surface area contributed by atoms with Gasteiger partial charge in [-0.15, -0.1) is 11.3 Å². The Morgan fingerprint density at radius 3 is 2.54 bits per heavy atom. The van der Waals surface area contributed by atoms with Crippen LogP contribution in [0.15, 0.2) is 46.8 Å². The zero-order chi connectivity index (χ0) is 20.3. The molecule has 1 aromatic heterocycles. The van der Waals surface area contributed by atoms with Gasteiger partial charge in [-0.3, -0.25) is 0 Å². The minimum atomic E-state index is 0.317. The van der Waals surface area contributed by atoms with E-state index < -0.39 is 0 Å². The van der Waals surface area contributed by atoms with Crippen molar-refractivity contribution in [1.29, 1.82) is 0 Å². The third kappa shape index (κ3) is 3.99. The summed E-state index contributed by atoms with van der Waals surface area (Å²) < 4.78 is 13.3. The maximum absolute atomic E-state index is 5.65. The average Bonchev–Trinajstić information content (AvgIpc) is 3.12. The first kappa shape index (κ1) is 20.2. The monoisotopic (exact) mass is 396 g/mol. The summed E-state index contributed by atoms with van der Waals surface area (Å²) in [7, 11) is 3.36. The van der Waals surface area contributed by atoms with Crippen LogP contribution in [0, 0.1) is 13.8 Å². The maximum atomic E-state index is 5.65. The van der Waals surface area contributed by atoms with Gasteiger partial charge >= 0.3 is 0 Å². The molecule has 148 valence electrons. The van der Waals surface area contributed by atoms with Gasteiger partial charge in [-0.1, -0.05) is 19.1 Å². The molecule has 0 radical (unpaired) electrons. The van der Waals surface area contributed by atoms with Crippen molar-refractivity contribution in [2.75, 3.05) is 14.2 Å². The molecule has 0 N–H and O–H groups in total. The Balaban J connectivity index is 2.23. The average molecular weight is 397 g/mol. The standard InChI is InChI=1S/C23H28N2O2S/c1-7-17(4)25-21(19-11-10-18(26-5)13-22(19)27-6)14-28-23(25)24-20-12-15(2)8-9-16(20)3/h8-14,17H,7H2,1-6H3. The van der Waals surface area contributed by atoms with E-state index >= 15 is 0 Å². The summed E-state index contributed by atoms with van der Waals surface area (Å²) in [5.41, 5.74) is 5.57. The van der Waals surface area contributed by atoms with Gasteiger partial charge in [0.1, 0.15) is 11.5 Å². The molecule has 1 heterocycles. The molecule has 5 heteroatoms. The zero-order valence-electron chi connectivity index (χ0n) is 17.4. The summed E-state index contributed by atoms with van der Waals surface area (Å²) in [6.07, 6.45) is 1.02. The van der Waals surface area contributed by atoms with Crippen LogP contribution >= 0.6 is 11.3 Å². The van der Waals surface area contributed by atoms with E-state index in [0.717, 1.165) is 39.7 Å². The Hall–Kier alpha value is -2.53. The number of hydrogen-bond acceptors (Lipinski definition) is 4. The molecule has 0 amide bonds. The first-order chi connectivity index (χ1) is 13.5. The fourth-order valence-corrected chi connectivity index (χ4v) is 4.16. The van der Waals surface area contributed by atoms with Gasteiger partial charge in [0.2, 0.25) is 0 Å². The summed E-state index contributed by atoms with van der Waals surface area (Å²) in [4.78, 5) is 6.02. The number of benzene rings is 2. The first-order valence-corrected chi connectivity index (χ1v) is 10.4. The lowest BCUT2D eigenvalue weighted by atomic mass is 10.1. The lowest BCUT2D eigenvalue weighted by molar-refractivity contribution is 0.395. The Labute approximate surface area is 171 Å². The van der Waals surface area contributed by atoms with Gasteiger partial charge in [0.15, 0.2) is 4.80 Å². The van der Waals surface area contributed by atoms with E-state index in [4.69, 9.17) is 14.5 Å². The minimum Gasteiger partial charge on any atom is -0.497 e. The van der Waals surface area contributed by atoms with E-state index in [2.05, 4.69) is 61.9 Å². The molecule has 0 spiro atoms. The van der Waals surface area contributed by atoms with Crippen LogP contribution in [0.5, 0.6) is 11.5 Å². The fourth-order valence-electron chi connectivity index (χ4n) is 3.16. The molecule has 1 unspecified atom stereocenters. The SMILES string of the molecule is CCC(C)n1c(-c2ccc(OC)cc2OC)csc1=Nc1cc(C)ccc1C. The quantitative estimate of drug-likeness (QED) is 0.508. The molecular weight excluding hydrogens is 368 g/mol. The molecule has 0 aliphatic rings. The van der Waals surface area contributed by atoms with E-state index in [1.165, 1.54) is 11.1 Å². The van der Waals surface area contributed by atoms with E-state index in [-0.39, 0.29) is 0 Å². The van der Waals surface area contributed by atoms with E-state index in [9.17, 15) is 0 Å². The molecule has 0 fully saturated rings. The fraction of sp³-hybridized carbons (Fsp3) is 0.348. The topological polar surface area (TPSA) is 35.8 Å². The second kappa shape index (κ2) is 8.65. The molecule has 0 aliphatic carbocycles. The highest BCUT2D eigenvalue weighted by molar-refractivity contribution is 7.07. The number of aromatic nitrogens is 1. The van der Waals surface area contributed by atoms with Gasteiger partial charge in [0.25, 0.3) is 0 Å². The summed E-state index contributed by atoms with van der Waals surface area (Å²) in [5, 5.41) is 2.17. The minimum absolute atomic E-state index is 0.317. The van der Waals surface area contributed by atoms with Gasteiger partial charge in [-0.05, 0) is 56.5 Å². The number of aryl methyl sites for hydroxylation is 2. The molecule has 0 aliphatic heterocycles. The second-order valence-electron chi connectivity index (χ2n) is 7.00. The summed E-state index contributed by atoms with van der Waals surface area (Å²) >= 11 is 1.66. The van der Waals surface area contributed by atoms with Crippen LogP contribution in [0.3, 0.4) is 0 Å². The molecule has 1 atom stereocenters. The van der Waals surface area contributed by atoms with Crippen molar-refractivity contribution in [3.63, 3.8) is 0 Å². The van der Waals surface area contributed by atoms with Crippen LogP contribution in [0.25, 0.3) is 11.3 Å². The van der Waals surface area contributed by atoms with Crippen molar-refractivity contribution < 1.29 is 9.47 Å². The predicted octanol–water partition coefficient (Wildman–Crippen LogP) is 6.05. The molecule has 2 aromatic carbocycles. The second-order valence-corrected chi connectivity index (χ2v) is 7.84. The molecule has 0 bridgehead atoms. The number of methoxy groups -OCH3 is 2. The third-order valence-electron chi connectivity index (χ3n) is 5.04. The molecule has 0 saturated heterocycles. The summed E-state index contributed by atoms with van der Waals surface area (Å²) in [6, 6.07) is 12.7. The Morgan fingerprint density at radius 2 is 1.86 bits per heavy atom. The molecule has 4 nitrogen and oxygen atoms in total. The van der Waals surface area contributed by atoms with Crippen LogP contribution < -0.4 is 14.3 Å². The van der Waals surface area contributed by atoms with Crippen molar-refractivity contribution in [2.24, 2.45) is 4.99 Å². The lowest BCUT2D eigenvalue weighted by Gasteiger charge is -2.17. The van der Waals surface area contributed by atoms with Crippen molar-refractivity contribution in [2.45, 2.75) is 40.2 Å². The lowest BCUT2D eigenvalue weighted by Crippen LogP contribution is -2.19. The molecule has 0 saturated carbocycles. The number of rotatable bonds is 6. The number of thiazole rings is 1. The van der Waals surface area contributed by atoms with Crippen LogP contribution in [-0.4, -0.2) is 18.8 Å². The van der Waals surface area contributed by atoms with Crippen LogP contribution in [0.2, 0.25) is 0 Å². The Kier molecular flexibility index (Phi) is 6.25. The number of nitrogens with zero attached hydrogens (tertiary/aromatic N) is 2. The molecule has 3 aromatic rings. The Bertz CT molecular complexity index is 1030. The van der Waals surface area contributed by atoms with Gasteiger partial charge in [0, 0.05) is 23.1 Å². The van der Waals surface area contributed by atoms with Crippen molar-refractivity contribution in [3.05, 3.63) is 57.7 Å². The highest BCUT2D eigenvalue weighted by Gasteiger charge is 2.17. The normalized spacial score (nSPS) is 12.9. The van der Waals surface area contributed by atoms with Crippen molar-refractivity contribution >= 4 is 17.0 Å². The highest BCUT2D eigenvalue weighted by atomic mass is 32.1. The van der Waals surface area contributed by atoms with Gasteiger partial charge in [0.05, 0.1) is 25.6 Å². The van der Waals surface area contributed by atoms with E-state index in [0.29, 0.717) is 6.04 Å². The largest absolute Gasteiger partial charge is 0.497 e. The number of hydrogen-bond donors (Lipinski definition) is 0. The van der Waals surface area contributed by atoms with Crippen LogP contribution in [-0.2, 0) is 0 Å². The van der Waals surface area contributed by atoms with Gasteiger partial charge in [-0.2, -0.15) is 0 Å². The zero-order valence-corrected chi connectivity index (χ0v) is 18.3. The third-order valence-corrected chi connectivity index (χ3v) is 5.88. The van der Waals surface area contributed by atoms with Gasteiger partial charge in [-0.25, -0.2) is 4.99 Å². The molecule has 28 heavy (non-hydrogen) atoms. The predicted molar refractivity (Wildman–Crippen MR) is 117 cm³/mol. The van der Waals surface area contributed by atoms with E-state index in [1.807, 2.05) is 12.1 Å². The first-order valence-electron chi connectivity index (χ1n) is 9.52. The summed E-state index contributed by atoms with van der Waals surface area (Å²) in [6.45, 7) is 8.64. The highest BCUT2D eigenvalue weighted by Crippen LogP contribution is 2.35. The number of ether oxygens (including phenoxy) is 2.